The number of halogens is 1. The van der Waals surface area contributed by atoms with Crippen LogP contribution < -0.4 is 9.46 Å². The molecule has 0 saturated heterocycles. The molecule has 1 unspecified atom stereocenters. The van der Waals surface area contributed by atoms with Gasteiger partial charge in [-0.2, -0.15) is 5.21 Å². The van der Waals surface area contributed by atoms with Crippen molar-refractivity contribution in [2.75, 3.05) is 6.61 Å². The first-order valence-corrected chi connectivity index (χ1v) is 10.2. The molecule has 0 aliphatic carbocycles. The van der Waals surface area contributed by atoms with Crippen LogP contribution in [0.4, 0.5) is 4.39 Å². The van der Waals surface area contributed by atoms with Gasteiger partial charge in [0.05, 0.1) is 17.1 Å². The standard InChI is InChI=1S/C18H18FN5O3S/c1-11(8-12-2-5-17-13(9-12)6-7-27-17)22-28(25,26)14-3-4-16(19)15(10-14)18-20-23-24-21-18/h2-5,9-11,22H,6-8H2,1H3,(H,20,21,23,24). The Labute approximate surface area is 161 Å². The molecule has 10 heteroatoms. The SMILES string of the molecule is CC(Cc1ccc2c(c1)CCO2)NS(=O)(=O)c1ccc(F)c(-c2nn[nH]n2)c1. The van der Waals surface area contributed by atoms with Crippen molar-refractivity contribution < 1.29 is 17.5 Å². The molecule has 1 aliphatic heterocycles. The van der Waals surface area contributed by atoms with Gasteiger partial charge in [0.1, 0.15) is 11.6 Å². The highest BCUT2D eigenvalue weighted by molar-refractivity contribution is 7.89. The Morgan fingerprint density at radius 2 is 2.14 bits per heavy atom. The van der Waals surface area contributed by atoms with Gasteiger partial charge < -0.3 is 4.74 Å². The van der Waals surface area contributed by atoms with Crippen molar-refractivity contribution in [2.24, 2.45) is 0 Å². The first-order chi connectivity index (χ1) is 13.4. The van der Waals surface area contributed by atoms with Crippen LogP contribution in [0.15, 0.2) is 41.3 Å². The van der Waals surface area contributed by atoms with Crippen LogP contribution in [-0.4, -0.2) is 41.7 Å². The van der Waals surface area contributed by atoms with Crippen LogP contribution in [0.25, 0.3) is 11.4 Å². The van der Waals surface area contributed by atoms with Gasteiger partial charge in [0.2, 0.25) is 15.8 Å². The molecule has 8 nitrogen and oxygen atoms in total. The summed E-state index contributed by atoms with van der Waals surface area (Å²) in [6.07, 6.45) is 1.38. The number of hydrogen-bond donors (Lipinski definition) is 2. The molecule has 0 radical (unpaired) electrons. The third kappa shape index (κ3) is 3.73. The van der Waals surface area contributed by atoms with Crippen LogP contribution in [0.5, 0.6) is 5.75 Å². The Morgan fingerprint density at radius 3 is 2.93 bits per heavy atom. The zero-order chi connectivity index (χ0) is 19.7. The lowest BCUT2D eigenvalue weighted by atomic mass is 10.0. The topological polar surface area (TPSA) is 110 Å². The minimum absolute atomic E-state index is 0.0111. The summed E-state index contributed by atoms with van der Waals surface area (Å²) in [4.78, 5) is -0.0668. The molecule has 0 amide bonds. The lowest BCUT2D eigenvalue weighted by Crippen LogP contribution is -2.34. The zero-order valence-electron chi connectivity index (χ0n) is 15.0. The van der Waals surface area contributed by atoms with E-state index in [2.05, 4.69) is 25.3 Å². The Kier molecular flexibility index (Phi) is 4.82. The van der Waals surface area contributed by atoms with Crippen molar-refractivity contribution in [3.8, 4) is 17.1 Å². The van der Waals surface area contributed by atoms with Gasteiger partial charge in [0.25, 0.3) is 0 Å². The van der Waals surface area contributed by atoms with Crippen molar-refractivity contribution in [3.63, 3.8) is 0 Å². The molecule has 0 saturated carbocycles. The second-order valence-corrected chi connectivity index (χ2v) is 8.36. The molecule has 1 aliphatic rings. The summed E-state index contributed by atoms with van der Waals surface area (Å²) in [6, 6.07) is 9.01. The highest BCUT2D eigenvalue weighted by atomic mass is 32.2. The van der Waals surface area contributed by atoms with Crippen molar-refractivity contribution in [2.45, 2.75) is 30.7 Å². The van der Waals surface area contributed by atoms with Crippen LogP contribution in [-0.2, 0) is 22.9 Å². The number of hydrogen-bond acceptors (Lipinski definition) is 6. The Bertz CT molecular complexity index is 1100. The Hall–Kier alpha value is -2.85. The van der Waals surface area contributed by atoms with E-state index < -0.39 is 15.8 Å². The van der Waals surface area contributed by atoms with Gasteiger partial charge in [-0.1, -0.05) is 12.1 Å². The van der Waals surface area contributed by atoms with Gasteiger partial charge in [0, 0.05) is 12.5 Å². The number of sulfonamides is 1. The predicted octanol–water partition coefficient (Wildman–Crippen LogP) is 1.85. The number of nitrogens with one attached hydrogen (secondary N) is 2. The summed E-state index contributed by atoms with van der Waals surface area (Å²) >= 11 is 0. The number of aromatic amines is 1. The maximum absolute atomic E-state index is 14.0. The molecule has 2 heterocycles. The predicted molar refractivity (Wildman–Crippen MR) is 98.7 cm³/mol. The van der Waals surface area contributed by atoms with Crippen LogP contribution in [0.3, 0.4) is 0 Å². The van der Waals surface area contributed by atoms with E-state index in [4.69, 9.17) is 4.74 Å². The van der Waals surface area contributed by atoms with Crippen LogP contribution >= 0.6 is 0 Å². The molecule has 0 bridgehead atoms. The fourth-order valence-corrected chi connectivity index (χ4v) is 4.48. The Morgan fingerprint density at radius 1 is 1.29 bits per heavy atom. The smallest absolute Gasteiger partial charge is 0.240 e. The van der Waals surface area contributed by atoms with Gasteiger partial charge >= 0.3 is 0 Å². The highest BCUT2D eigenvalue weighted by Gasteiger charge is 2.21. The third-order valence-corrected chi connectivity index (χ3v) is 6.07. The first kappa shape index (κ1) is 18.5. The van der Waals surface area contributed by atoms with E-state index in [1.54, 1.807) is 6.92 Å². The molecule has 2 aromatic carbocycles. The molecule has 28 heavy (non-hydrogen) atoms. The molecule has 1 aromatic heterocycles. The fraction of sp³-hybridized carbons (Fsp3) is 0.278. The highest BCUT2D eigenvalue weighted by Crippen LogP contribution is 2.27. The summed E-state index contributed by atoms with van der Waals surface area (Å²) in [5.41, 5.74) is 2.12. The van der Waals surface area contributed by atoms with E-state index in [-0.39, 0.29) is 22.3 Å². The molecule has 2 N–H and O–H groups in total. The molecule has 4 rings (SSSR count). The maximum Gasteiger partial charge on any atom is 0.240 e. The van der Waals surface area contributed by atoms with Gasteiger partial charge in [-0.25, -0.2) is 17.5 Å². The molecular formula is C18H18FN5O3S. The molecular weight excluding hydrogens is 385 g/mol. The van der Waals surface area contributed by atoms with Gasteiger partial charge in [-0.05, 0) is 54.0 Å². The maximum atomic E-state index is 14.0. The molecule has 1 atom stereocenters. The number of tetrazole rings is 1. The van der Waals surface area contributed by atoms with E-state index in [9.17, 15) is 12.8 Å². The average Bonchev–Trinajstić information content (AvgIpc) is 3.32. The minimum Gasteiger partial charge on any atom is -0.493 e. The van der Waals surface area contributed by atoms with Crippen molar-refractivity contribution in [3.05, 3.63) is 53.3 Å². The molecule has 3 aromatic rings. The number of H-pyrrole nitrogens is 1. The van der Waals surface area contributed by atoms with Crippen LogP contribution in [0, 0.1) is 5.82 Å². The minimum atomic E-state index is -3.85. The lowest BCUT2D eigenvalue weighted by molar-refractivity contribution is 0.357. The normalized spacial score (nSPS) is 14.5. The first-order valence-electron chi connectivity index (χ1n) is 8.73. The molecule has 146 valence electrons. The van der Waals surface area contributed by atoms with Crippen molar-refractivity contribution >= 4 is 10.0 Å². The lowest BCUT2D eigenvalue weighted by Gasteiger charge is -2.15. The number of aromatic nitrogens is 4. The quantitative estimate of drug-likeness (QED) is 0.650. The second-order valence-electron chi connectivity index (χ2n) is 6.64. The van der Waals surface area contributed by atoms with Crippen molar-refractivity contribution in [1.29, 1.82) is 0 Å². The van der Waals surface area contributed by atoms with Gasteiger partial charge in [0.15, 0.2) is 0 Å². The molecule has 0 fully saturated rings. The van der Waals surface area contributed by atoms with E-state index >= 15 is 0 Å². The third-order valence-electron chi connectivity index (χ3n) is 4.49. The number of benzene rings is 2. The second kappa shape index (κ2) is 7.28. The largest absolute Gasteiger partial charge is 0.493 e. The van der Waals surface area contributed by atoms with E-state index in [1.165, 1.54) is 12.1 Å². The van der Waals surface area contributed by atoms with E-state index in [1.807, 2.05) is 18.2 Å². The zero-order valence-corrected chi connectivity index (χ0v) is 15.8. The summed E-state index contributed by atoms with van der Waals surface area (Å²) < 4.78 is 47.6. The number of rotatable bonds is 6. The van der Waals surface area contributed by atoms with Crippen molar-refractivity contribution in [1.82, 2.24) is 25.3 Å². The van der Waals surface area contributed by atoms with E-state index in [0.29, 0.717) is 13.0 Å². The van der Waals surface area contributed by atoms with Crippen LogP contribution in [0.2, 0.25) is 0 Å². The monoisotopic (exact) mass is 403 g/mol. The number of fused-ring (bicyclic) bond motifs is 1. The van der Waals surface area contributed by atoms with E-state index in [0.717, 1.165) is 29.4 Å². The van der Waals surface area contributed by atoms with Gasteiger partial charge in [-0.3, -0.25) is 0 Å². The van der Waals surface area contributed by atoms with Gasteiger partial charge in [-0.15, -0.1) is 10.2 Å². The summed E-state index contributed by atoms with van der Waals surface area (Å²) in [7, 11) is -3.85. The Balaban J connectivity index is 1.51. The summed E-state index contributed by atoms with van der Waals surface area (Å²) in [6.45, 7) is 2.46. The summed E-state index contributed by atoms with van der Waals surface area (Å²) in [5, 5.41) is 13.0. The number of nitrogens with zero attached hydrogens (tertiary/aromatic N) is 3. The molecule has 0 spiro atoms. The summed E-state index contributed by atoms with van der Waals surface area (Å²) in [5.74, 6) is 0.244. The van der Waals surface area contributed by atoms with Crippen LogP contribution in [0.1, 0.15) is 18.1 Å². The average molecular weight is 403 g/mol. The fourth-order valence-electron chi connectivity index (χ4n) is 3.21. The number of ether oxygens (including phenoxy) is 1.